The van der Waals surface area contributed by atoms with E-state index in [0.29, 0.717) is 35.2 Å². The van der Waals surface area contributed by atoms with E-state index in [1.54, 1.807) is 0 Å². The number of benzene rings is 2. The van der Waals surface area contributed by atoms with Gasteiger partial charge in [-0.3, -0.25) is 0 Å². The molecule has 0 aliphatic heterocycles. The summed E-state index contributed by atoms with van der Waals surface area (Å²) in [6, 6.07) is 12.3. The second-order valence-corrected chi connectivity index (χ2v) is 10.7. The highest BCUT2D eigenvalue weighted by molar-refractivity contribution is 5.68. The molecule has 3 heteroatoms. The molecule has 0 saturated carbocycles. The van der Waals surface area contributed by atoms with Crippen LogP contribution in [0, 0.1) is 23.7 Å². The number of hydrogen-bond donors (Lipinski definition) is 0. The van der Waals surface area contributed by atoms with Crippen molar-refractivity contribution in [3.8, 4) is 11.5 Å². The van der Waals surface area contributed by atoms with Crippen molar-refractivity contribution in [3.63, 3.8) is 0 Å². The molecule has 0 atom stereocenters. The quantitative estimate of drug-likeness (QED) is 0.278. The summed E-state index contributed by atoms with van der Waals surface area (Å²) in [4.78, 5) is 12.7. The average molecular weight is 439 g/mol. The highest BCUT2D eigenvalue weighted by Gasteiger charge is 2.17. The fourth-order valence-electron chi connectivity index (χ4n) is 4.06. The number of ether oxygens (including phenoxy) is 2. The fraction of sp³-hybridized carbons (Fsp3) is 0.552. The van der Waals surface area contributed by atoms with Gasteiger partial charge >= 0.3 is 6.16 Å². The SMILES string of the molecule is CC(C)Cc1ccc(OC(=O)Oc2ccc(CC(C)C)cc2CC(C)C)c(CC(C)C)c1. The van der Waals surface area contributed by atoms with Crippen LogP contribution in [0.1, 0.15) is 77.6 Å². The summed E-state index contributed by atoms with van der Waals surface area (Å²) in [5.74, 6) is 3.28. The first-order valence-electron chi connectivity index (χ1n) is 12.2. The molecule has 2 aromatic rings. The van der Waals surface area contributed by atoms with E-state index in [1.165, 1.54) is 11.1 Å². The molecule has 0 heterocycles. The van der Waals surface area contributed by atoms with Crippen molar-refractivity contribution in [1.82, 2.24) is 0 Å². The standard InChI is InChI=1S/C29H42O3/c1-19(2)13-23-9-11-27(25(17-23)15-21(5)6)31-29(30)32-28-12-10-24(14-20(3)4)18-26(28)16-22(7)8/h9-12,17-22H,13-16H2,1-8H3. The summed E-state index contributed by atoms with van der Waals surface area (Å²) in [5, 5.41) is 0. The number of carbonyl (C=O) groups is 1. The van der Waals surface area contributed by atoms with Crippen LogP contribution in [-0.2, 0) is 25.7 Å². The van der Waals surface area contributed by atoms with Gasteiger partial charge in [-0.05, 0) is 83.7 Å². The van der Waals surface area contributed by atoms with E-state index >= 15 is 0 Å². The van der Waals surface area contributed by atoms with Crippen LogP contribution in [0.4, 0.5) is 4.79 Å². The maximum atomic E-state index is 12.7. The molecule has 2 aromatic carbocycles. The molecular formula is C29H42O3. The van der Waals surface area contributed by atoms with Crippen LogP contribution in [0.15, 0.2) is 36.4 Å². The topological polar surface area (TPSA) is 35.5 Å². The minimum atomic E-state index is -0.673. The molecule has 0 aromatic heterocycles. The summed E-state index contributed by atoms with van der Waals surface area (Å²) >= 11 is 0. The lowest BCUT2D eigenvalue weighted by Crippen LogP contribution is -2.16. The van der Waals surface area contributed by atoms with Gasteiger partial charge in [0.05, 0.1) is 0 Å². The van der Waals surface area contributed by atoms with Crippen LogP contribution in [-0.4, -0.2) is 6.16 Å². The lowest BCUT2D eigenvalue weighted by Gasteiger charge is -2.16. The first kappa shape index (κ1) is 26.0. The Morgan fingerprint density at radius 1 is 0.594 bits per heavy atom. The van der Waals surface area contributed by atoms with E-state index in [9.17, 15) is 4.79 Å². The fourth-order valence-corrected chi connectivity index (χ4v) is 4.06. The molecule has 2 rings (SSSR count). The second-order valence-electron chi connectivity index (χ2n) is 10.7. The summed E-state index contributed by atoms with van der Waals surface area (Å²) in [5.41, 5.74) is 4.67. The molecule has 32 heavy (non-hydrogen) atoms. The lowest BCUT2D eigenvalue weighted by atomic mass is 9.96. The Labute approximate surface area is 195 Å². The Balaban J connectivity index is 2.22. The average Bonchev–Trinajstić information content (AvgIpc) is 2.64. The zero-order valence-corrected chi connectivity index (χ0v) is 21.3. The summed E-state index contributed by atoms with van der Waals surface area (Å²) in [6.07, 6.45) is 3.07. The van der Waals surface area contributed by atoms with Gasteiger partial charge in [-0.2, -0.15) is 0 Å². The zero-order chi connectivity index (χ0) is 23.8. The van der Waals surface area contributed by atoms with Gasteiger partial charge in [0, 0.05) is 0 Å². The van der Waals surface area contributed by atoms with Gasteiger partial charge in [0.25, 0.3) is 0 Å². The van der Waals surface area contributed by atoms with Crippen LogP contribution in [0.3, 0.4) is 0 Å². The van der Waals surface area contributed by atoms with Gasteiger partial charge < -0.3 is 9.47 Å². The van der Waals surface area contributed by atoms with Crippen LogP contribution >= 0.6 is 0 Å². The second kappa shape index (κ2) is 12.1. The molecular weight excluding hydrogens is 396 g/mol. The Kier molecular flexibility index (Phi) is 9.81. The van der Waals surface area contributed by atoms with Crippen molar-refractivity contribution in [2.45, 2.75) is 81.1 Å². The molecule has 0 saturated heterocycles. The zero-order valence-electron chi connectivity index (χ0n) is 21.3. The molecule has 0 aliphatic rings. The highest BCUT2D eigenvalue weighted by atomic mass is 16.7. The molecule has 176 valence electrons. The summed E-state index contributed by atoms with van der Waals surface area (Å²) in [6.45, 7) is 17.6. The van der Waals surface area contributed by atoms with E-state index in [4.69, 9.17) is 9.47 Å². The Hall–Kier alpha value is -2.29. The largest absolute Gasteiger partial charge is 0.519 e. The van der Waals surface area contributed by atoms with E-state index in [1.807, 2.05) is 12.1 Å². The monoisotopic (exact) mass is 438 g/mol. The Bertz CT molecular complexity index is 806. The van der Waals surface area contributed by atoms with Crippen molar-refractivity contribution < 1.29 is 14.3 Å². The van der Waals surface area contributed by atoms with E-state index < -0.39 is 6.16 Å². The predicted molar refractivity (Wildman–Crippen MR) is 134 cm³/mol. The highest BCUT2D eigenvalue weighted by Crippen LogP contribution is 2.28. The van der Waals surface area contributed by atoms with Crippen LogP contribution in [0.2, 0.25) is 0 Å². The van der Waals surface area contributed by atoms with Gasteiger partial charge in [-0.25, -0.2) is 4.79 Å². The molecule has 0 fully saturated rings. The molecule has 0 aliphatic carbocycles. The lowest BCUT2D eigenvalue weighted by molar-refractivity contribution is 0.150. The van der Waals surface area contributed by atoms with Crippen LogP contribution in [0.5, 0.6) is 11.5 Å². The van der Waals surface area contributed by atoms with E-state index in [0.717, 1.165) is 36.8 Å². The van der Waals surface area contributed by atoms with E-state index in [-0.39, 0.29) is 0 Å². The third-order valence-electron chi connectivity index (χ3n) is 5.18. The smallest absolute Gasteiger partial charge is 0.394 e. The normalized spacial score (nSPS) is 11.6. The number of hydrogen-bond acceptors (Lipinski definition) is 3. The van der Waals surface area contributed by atoms with Gasteiger partial charge in [-0.1, -0.05) is 79.7 Å². The summed E-state index contributed by atoms with van der Waals surface area (Å²) < 4.78 is 11.4. The van der Waals surface area contributed by atoms with Crippen molar-refractivity contribution >= 4 is 6.16 Å². The Morgan fingerprint density at radius 3 is 1.25 bits per heavy atom. The third-order valence-corrected chi connectivity index (χ3v) is 5.18. The number of rotatable bonds is 10. The molecule has 0 N–H and O–H groups in total. The van der Waals surface area contributed by atoms with Gasteiger partial charge in [0.1, 0.15) is 11.5 Å². The van der Waals surface area contributed by atoms with Crippen LogP contribution < -0.4 is 9.47 Å². The molecule has 3 nitrogen and oxygen atoms in total. The number of carbonyl (C=O) groups excluding carboxylic acids is 1. The molecule has 0 spiro atoms. The first-order valence-corrected chi connectivity index (χ1v) is 12.2. The van der Waals surface area contributed by atoms with Crippen molar-refractivity contribution in [1.29, 1.82) is 0 Å². The summed E-state index contributed by atoms with van der Waals surface area (Å²) in [7, 11) is 0. The van der Waals surface area contributed by atoms with Crippen molar-refractivity contribution in [3.05, 3.63) is 58.7 Å². The van der Waals surface area contributed by atoms with Gasteiger partial charge in [0.15, 0.2) is 0 Å². The van der Waals surface area contributed by atoms with Crippen molar-refractivity contribution in [2.24, 2.45) is 23.7 Å². The molecule has 0 radical (unpaired) electrons. The third kappa shape index (κ3) is 8.68. The van der Waals surface area contributed by atoms with Gasteiger partial charge in [-0.15, -0.1) is 0 Å². The maximum Gasteiger partial charge on any atom is 0.519 e. The molecule has 0 bridgehead atoms. The maximum absolute atomic E-state index is 12.7. The van der Waals surface area contributed by atoms with Crippen molar-refractivity contribution in [2.75, 3.05) is 0 Å². The minimum absolute atomic E-state index is 0.466. The molecule has 0 unspecified atom stereocenters. The van der Waals surface area contributed by atoms with Gasteiger partial charge in [0.2, 0.25) is 0 Å². The predicted octanol–water partition coefficient (Wildman–Crippen LogP) is 8.06. The van der Waals surface area contributed by atoms with Crippen LogP contribution in [0.25, 0.3) is 0 Å². The minimum Gasteiger partial charge on any atom is -0.394 e. The first-order chi connectivity index (χ1) is 15.0. The Morgan fingerprint density at radius 2 is 0.938 bits per heavy atom. The van der Waals surface area contributed by atoms with E-state index in [2.05, 4.69) is 79.7 Å². The molecule has 0 amide bonds.